The summed E-state index contributed by atoms with van der Waals surface area (Å²) in [6.07, 6.45) is 4.64. The van der Waals surface area contributed by atoms with Gasteiger partial charge in [0.15, 0.2) is 6.21 Å². The SMILES string of the molecule is CC(C)N(/C=C(/C=[N+](C(C)C)C(C)C)c1ccccc1)C(C)C. The van der Waals surface area contributed by atoms with Gasteiger partial charge in [0.1, 0.15) is 12.1 Å². The van der Waals surface area contributed by atoms with Crippen molar-refractivity contribution >= 4 is 11.8 Å². The minimum Gasteiger partial charge on any atom is -0.372 e. The van der Waals surface area contributed by atoms with Crippen LogP contribution in [0.4, 0.5) is 0 Å². The van der Waals surface area contributed by atoms with Crippen LogP contribution in [0.3, 0.4) is 0 Å². The number of hydrogen-bond donors (Lipinski definition) is 0. The molecule has 1 aromatic carbocycles. The van der Waals surface area contributed by atoms with Crippen LogP contribution in [0.15, 0.2) is 36.5 Å². The first-order chi connectivity index (χ1) is 10.7. The van der Waals surface area contributed by atoms with E-state index in [1.165, 1.54) is 11.1 Å². The second kappa shape index (κ2) is 8.90. The average Bonchev–Trinajstić information content (AvgIpc) is 2.46. The lowest BCUT2D eigenvalue weighted by molar-refractivity contribution is -0.582. The molecule has 0 radical (unpaired) electrons. The lowest BCUT2D eigenvalue weighted by Gasteiger charge is -2.30. The van der Waals surface area contributed by atoms with Crippen molar-refractivity contribution in [3.8, 4) is 0 Å². The molecule has 128 valence electrons. The molecule has 0 aliphatic heterocycles. The molecular weight excluding hydrogens is 280 g/mol. The van der Waals surface area contributed by atoms with Crippen molar-refractivity contribution in [2.75, 3.05) is 0 Å². The minimum atomic E-state index is 0.480. The van der Waals surface area contributed by atoms with Crippen LogP contribution in [0.25, 0.3) is 5.57 Å². The van der Waals surface area contributed by atoms with E-state index < -0.39 is 0 Å². The zero-order valence-corrected chi connectivity index (χ0v) is 16.2. The van der Waals surface area contributed by atoms with Gasteiger partial charge in [0.25, 0.3) is 0 Å². The zero-order valence-electron chi connectivity index (χ0n) is 16.2. The van der Waals surface area contributed by atoms with Crippen molar-refractivity contribution in [3.63, 3.8) is 0 Å². The molecule has 0 heterocycles. The Morgan fingerprint density at radius 3 is 1.70 bits per heavy atom. The third-order valence-electron chi connectivity index (χ3n) is 4.07. The molecule has 0 aromatic heterocycles. The fourth-order valence-corrected chi connectivity index (χ4v) is 2.92. The van der Waals surface area contributed by atoms with E-state index in [-0.39, 0.29) is 0 Å². The maximum atomic E-state index is 2.43. The first-order valence-corrected chi connectivity index (χ1v) is 8.91. The molecule has 2 heteroatoms. The Balaban J connectivity index is 3.41. The normalized spacial score (nSPS) is 12.4. The van der Waals surface area contributed by atoms with Crippen LogP contribution >= 0.6 is 0 Å². The summed E-state index contributed by atoms with van der Waals surface area (Å²) < 4.78 is 2.43. The fraction of sp³-hybridized carbons (Fsp3) is 0.571. The van der Waals surface area contributed by atoms with Crippen molar-refractivity contribution in [2.45, 2.75) is 79.6 Å². The molecule has 1 rings (SSSR count). The molecule has 2 nitrogen and oxygen atoms in total. The number of nitrogens with zero attached hydrogens (tertiary/aromatic N) is 2. The van der Waals surface area contributed by atoms with Crippen molar-refractivity contribution in [2.24, 2.45) is 0 Å². The minimum absolute atomic E-state index is 0.480. The highest BCUT2D eigenvalue weighted by molar-refractivity contribution is 6.07. The average molecular weight is 316 g/mol. The summed E-state index contributed by atoms with van der Waals surface area (Å²) in [7, 11) is 0. The molecule has 0 saturated carbocycles. The van der Waals surface area contributed by atoms with Crippen LogP contribution < -0.4 is 0 Å². The topological polar surface area (TPSA) is 6.25 Å². The summed E-state index contributed by atoms with van der Waals surface area (Å²) in [4.78, 5) is 2.43. The van der Waals surface area contributed by atoms with Crippen LogP contribution in [-0.4, -0.2) is 39.9 Å². The summed E-state index contributed by atoms with van der Waals surface area (Å²) >= 11 is 0. The van der Waals surface area contributed by atoms with Gasteiger partial charge in [0, 0.05) is 18.3 Å². The molecule has 0 fully saturated rings. The van der Waals surface area contributed by atoms with Crippen LogP contribution in [0.1, 0.15) is 61.0 Å². The van der Waals surface area contributed by atoms with Crippen molar-refractivity contribution < 1.29 is 4.58 Å². The van der Waals surface area contributed by atoms with Gasteiger partial charge in [-0.3, -0.25) is 0 Å². The Hall–Kier alpha value is -1.57. The van der Waals surface area contributed by atoms with E-state index in [2.05, 4.69) is 108 Å². The number of hydrogen-bond acceptors (Lipinski definition) is 1. The van der Waals surface area contributed by atoms with E-state index in [0.29, 0.717) is 24.2 Å². The highest BCUT2D eigenvalue weighted by atomic mass is 15.2. The second-order valence-electron chi connectivity index (χ2n) is 7.35. The third-order valence-corrected chi connectivity index (χ3v) is 4.07. The van der Waals surface area contributed by atoms with E-state index in [4.69, 9.17) is 0 Å². The molecule has 0 amide bonds. The maximum absolute atomic E-state index is 2.43. The van der Waals surface area contributed by atoms with Gasteiger partial charge in [0.05, 0.1) is 5.57 Å². The summed E-state index contributed by atoms with van der Waals surface area (Å²) in [6, 6.07) is 12.6. The van der Waals surface area contributed by atoms with Gasteiger partial charge < -0.3 is 4.90 Å². The quantitative estimate of drug-likeness (QED) is 0.504. The molecule has 0 aliphatic carbocycles. The predicted octanol–water partition coefficient (Wildman–Crippen LogP) is 5.05. The highest BCUT2D eigenvalue weighted by Gasteiger charge is 2.17. The van der Waals surface area contributed by atoms with E-state index in [1.54, 1.807) is 0 Å². The van der Waals surface area contributed by atoms with Gasteiger partial charge >= 0.3 is 0 Å². The van der Waals surface area contributed by atoms with Gasteiger partial charge in [-0.15, -0.1) is 0 Å². The molecule has 0 spiro atoms. The van der Waals surface area contributed by atoms with Crippen LogP contribution in [0.5, 0.6) is 0 Å². The van der Waals surface area contributed by atoms with E-state index in [0.717, 1.165) is 0 Å². The Morgan fingerprint density at radius 2 is 1.30 bits per heavy atom. The first kappa shape index (κ1) is 19.5. The lowest BCUT2D eigenvalue weighted by atomic mass is 10.1. The zero-order chi connectivity index (χ0) is 17.6. The highest BCUT2D eigenvalue weighted by Crippen LogP contribution is 2.17. The standard InChI is InChI=1S/C21H35N2/c1-16(2)22(17(3)4)14-21(20-12-10-9-11-13-20)15-23(18(5)6)19(7)8/h9-19H,1-8H3/q+1. The molecule has 0 unspecified atom stereocenters. The largest absolute Gasteiger partial charge is 0.372 e. The third kappa shape index (κ3) is 5.85. The van der Waals surface area contributed by atoms with Crippen molar-refractivity contribution in [1.82, 2.24) is 4.90 Å². The van der Waals surface area contributed by atoms with E-state index in [1.807, 2.05) is 0 Å². The Morgan fingerprint density at radius 1 is 0.826 bits per heavy atom. The predicted molar refractivity (Wildman–Crippen MR) is 103 cm³/mol. The Kier molecular flexibility index (Phi) is 7.54. The second-order valence-corrected chi connectivity index (χ2v) is 7.35. The van der Waals surface area contributed by atoms with Crippen LogP contribution in [0, 0.1) is 0 Å². The molecule has 23 heavy (non-hydrogen) atoms. The van der Waals surface area contributed by atoms with Gasteiger partial charge in [-0.25, -0.2) is 4.58 Å². The summed E-state index contributed by atoms with van der Waals surface area (Å²) in [5.41, 5.74) is 2.54. The molecule has 0 N–H and O–H groups in total. The smallest absolute Gasteiger partial charge is 0.173 e. The van der Waals surface area contributed by atoms with Crippen molar-refractivity contribution in [1.29, 1.82) is 0 Å². The van der Waals surface area contributed by atoms with Gasteiger partial charge in [-0.2, -0.15) is 0 Å². The first-order valence-electron chi connectivity index (χ1n) is 8.91. The molecular formula is C21H35N2+. The Bertz CT molecular complexity index is 504. The Labute approximate surface area is 143 Å². The molecule has 0 bridgehead atoms. The van der Waals surface area contributed by atoms with Crippen molar-refractivity contribution in [3.05, 3.63) is 42.1 Å². The van der Waals surface area contributed by atoms with Crippen LogP contribution in [-0.2, 0) is 0 Å². The number of benzene rings is 1. The van der Waals surface area contributed by atoms with E-state index >= 15 is 0 Å². The molecule has 0 aliphatic rings. The number of allylic oxidation sites excluding steroid dienone is 1. The van der Waals surface area contributed by atoms with Crippen LogP contribution in [0.2, 0.25) is 0 Å². The summed E-state index contributed by atoms with van der Waals surface area (Å²) in [5.74, 6) is 0. The monoisotopic (exact) mass is 315 g/mol. The molecule has 0 saturated heterocycles. The van der Waals surface area contributed by atoms with Gasteiger partial charge in [-0.1, -0.05) is 30.3 Å². The van der Waals surface area contributed by atoms with Gasteiger partial charge in [0.2, 0.25) is 0 Å². The fourth-order valence-electron chi connectivity index (χ4n) is 2.92. The van der Waals surface area contributed by atoms with Gasteiger partial charge in [-0.05, 0) is 61.0 Å². The summed E-state index contributed by atoms with van der Waals surface area (Å²) in [6.45, 7) is 18.0. The lowest BCUT2D eigenvalue weighted by Crippen LogP contribution is -2.33. The summed E-state index contributed by atoms with van der Waals surface area (Å²) in [5, 5.41) is 0. The number of rotatable bonds is 7. The van der Waals surface area contributed by atoms with E-state index in [9.17, 15) is 0 Å². The maximum Gasteiger partial charge on any atom is 0.173 e. The molecule has 0 atom stereocenters. The molecule has 1 aromatic rings.